The molecule has 39 heavy (non-hydrogen) atoms. The zero-order chi connectivity index (χ0) is 27.4. The molecule has 3 aromatic carbocycles. The number of hydrogen-bond acceptors (Lipinski definition) is 6. The molecule has 1 saturated heterocycles. The molecule has 2 amide bonds. The number of fused-ring (bicyclic) bond motifs is 1. The van der Waals surface area contributed by atoms with Crippen LogP contribution in [-0.2, 0) is 22.6 Å². The zero-order valence-electron chi connectivity index (χ0n) is 22.6. The second-order valence-electron chi connectivity index (χ2n) is 9.97. The Labute approximate surface area is 228 Å². The van der Waals surface area contributed by atoms with E-state index < -0.39 is 0 Å². The van der Waals surface area contributed by atoms with Crippen molar-refractivity contribution in [1.82, 2.24) is 14.9 Å². The van der Waals surface area contributed by atoms with E-state index in [9.17, 15) is 9.59 Å². The third-order valence-corrected chi connectivity index (χ3v) is 7.04. The number of aromatic nitrogens is 2. The van der Waals surface area contributed by atoms with Gasteiger partial charge in [-0.3, -0.25) is 9.59 Å². The van der Waals surface area contributed by atoms with E-state index in [1.807, 2.05) is 85.5 Å². The van der Waals surface area contributed by atoms with Crippen LogP contribution in [0, 0.1) is 13.8 Å². The van der Waals surface area contributed by atoms with E-state index in [0.29, 0.717) is 51.0 Å². The smallest absolute Gasteiger partial charge is 0.228 e. The molecule has 8 heteroatoms. The van der Waals surface area contributed by atoms with Crippen LogP contribution in [0.5, 0.6) is 5.75 Å². The van der Waals surface area contributed by atoms with Crippen LogP contribution >= 0.6 is 0 Å². The molecule has 0 radical (unpaired) electrons. The van der Waals surface area contributed by atoms with Gasteiger partial charge in [0.1, 0.15) is 18.2 Å². The van der Waals surface area contributed by atoms with Gasteiger partial charge in [0.15, 0.2) is 0 Å². The van der Waals surface area contributed by atoms with Gasteiger partial charge in [-0.2, -0.15) is 4.98 Å². The summed E-state index contributed by atoms with van der Waals surface area (Å²) in [7, 11) is 0. The molecule has 8 nitrogen and oxygen atoms in total. The molecule has 1 fully saturated rings. The fraction of sp³-hybridized carbons (Fsp3) is 0.290. The maximum Gasteiger partial charge on any atom is 0.228 e. The molecule has 0 atom stereocenters. The molecule has 0 aliphatic carbocycles. The monoisotopic (exact) mass is 523 g/mol. The number of carbonyl (C=O) groups excluding carboxylic acids is 2. The molecule has 0 spiro atoms. The lowest BCUT2D eigenvalue weighted by Gasteiger charge is -2.35. The molecular weight excluding hydrogens is 490 g/mol. The highest BCUT2D eigenvalue weighted by atomic mass is 16.5. The highest BCUT2D eigenvalue weighted by Gasteiger charge is 2.24. The summed E-state index contributed by atoms with van der Waals surface area (Å²) in [4.78, 5) is 38.3. The average molecular weight is 524 g/mol. The van der Waals surface area contributed by atoms with E-state index in [1.54, 1.807) is 0 Å². The second-order valence-corrected chi connectivity index (χ2v) is 9.97. The lowest BCUT2D eigenvalue weighted by molar-refractivity contribution is -0.130. The summed E-state index contributed by atoms with van der Waals surface area (Å²) in [5, 5.41) is 3.68. The summed E-state index contributed by atoms with van der Waals surface area (Å²) in [6.07, 6.45) is 0.344. The standard InChI is InChI=1S/C31H33N5O3/c1-21-17-27-28(18-22(21)2)33-31(34-30(27)32-23(3)37)36-15-13-35(14-16-36)29(38)19-24-9-11-26(12-10-24)39-20-25-7-5-4-6-8-25/h4-12,17-18H,13-16,19-20H2,1-3H3,(H,32,33,34,37). The summed E-state index contributed by atoms with van der Waals surface area (Å²) in [5.74, 6) is 1.78. The maximum atomic E-state index is 13.0. The summed E-state index contributed by atoms with van der Waals surface area (Å²) in [5.41, 5.74) is 5.11. The first kappa shape index (κ1) is 26.2. The summed E-state index contributed by atoms with van der Waals surface area (Å²) < 4.78 is 5.85. The van der Waals surface area contributed by atoms with E-state index in [0.717, 1.165) is 38.9 Å². The van der Waals surface area contributed by atoms with Crippen LogP contribution in [0.3, 0.4) is 0 Å². The third-order valence-electron chi connectivity index (χ3n) is 7.04. The van der Waals surface area contributed by atoms with Crippen LogP contribution in [-0.4, -0.2) is 52.9 Å². The number of amides is 2. The molecule has 1 N–H and O–H groups in total. The SMILES string of the molecule is CC(=O)Nc1nc(N2CCN(C(=O)Cc3ccc(OCc4ccccc4)cc3)CC2)nc2cc(C)c(C)cc12. The molecule has 200 valence electrons. The minimum Gasteiger partial charge on any atom is -0.489 e. The number of carbonyl (C=O) groups is 2. The van der Waals surface area contributed by atoms with Gasteiger partial charge in [0.25, 0.3) is 0 Å². The van der Waals surface area contributed by atoms with Gasteiger partial charge in [0, 0.05) is 38.5 Å². The summed E-state index contributed by atoms with van der Waals surface area (Å²) in [6, 6.07) is 21.8. The summed E-state index contributed by atoms with van der Waals surface area (Å²) in [6.45, 7) is 8.47. The van der Waals surface area contributed by atoms with E-state index in [2.05, 4.69) is 15.2 Å². The Bertz CT molecular complexity index is 1480. The minimum absolute atomic E-state index is 0.0945. The van der Waals surface area contributed by atoms with Crippen molar-refractivity contribution in [3.63, 3.8) is 0 Å². The first-order valence-electron chi connectivity index (χ1n) is 13.2. The molecule has 1 aromatic heterocycles. The quantitative estimate of drug-likeness (QED) is 0.379. The maximum absolute atomic E-state index is 13.0. The predicted molar refractivity (Wildman–Crippen MR) is 153 cm³/mol. The van der Waals surface area contributed by atoms with E-state index >= 15 is 0 Å². The molecule has 2 heterocycles. The zero-order valence-corrected chi connectivity index (χ0v) is 22.6. The van der Waals surface area contributed by atoms with E-state index in [4.69, 9.17) is 9.72 Å². The lowest BCUT2D eigenvalue weighted by atomic mass is 10.1. The van der Waals surface area contributed by atoms with Crippen LogP contribution < -0.4 is 15.0 Å². The van der Waals surface area contributed by atoms with Crippen molar-refractivity contribution in [2.45, 2.75) is 33.8 Å². The number of piperazine rings is 1. The Kier molecular flexibility index (Phi) is 7.72. The van der Waals surface area contributed by atoms with Crippen molar-refractivity contribution in [2.24, 2.45) is 0 Å². The van der Waals surface area contributed by atoms with Crippen LogP contribution in [0.15, 0.2) is 66.7 Å². The number of benzene rings is 3. The van der Waals surface area contributed by atoms with Gasteiger partial charge in [0.2, 0.25) is 17.8 Å². The Morgan fingerprint density at radius 1 is 0.872 bits per heavy atom. The minimum atomic E-state index is -0.176. The van der Waals surface area contributed by atoms with Crippen molar-refractivity contribution in [1.29, 1.82) is 0 Å². The first-order valence-corrected chi connectivity index (χ1v) is 13.2. The number of aryl methyl sites for hydroxylation is 2. The number of ether oxygens (including phenoxy) is 1. The van der Waals surface area contributed by atoms with Crippen LogP contribution in [0.2, 0.25) is 0 Å². The molecule has 0 bridgehead atoms. The number of hydrogen-bond donors (Lipinski definition) is 1. The van der Waals surface area contributed by atoms with Crippen molar-refractivity contribution < 1.29 is 14.3 Å². The van der Waals surface area contributed by atoms with Gasteiger partial charge in [0.05, 0.1) is 11.9 Å². The fourth-order valence-corrected chi connectivity index (χ4v) is 4.67. The highest BCUT2D eigenvalue weighted by molar-refractivity contribution is 5.99. The Morgan fingerprint density at radius 2 is 1.56 bits per heavy atom. The molecule has 1 aliphatic heterocycles. The Hall–Kier alpha value is -4.46. The van der Waals surface area contributed by atoms with Gasteiger partial charge in [-0.1, -0.05) is 42.5 Å². The van der Waals surface area contributed by atoms with Gasteiger partial charge < -0.3 is 19.9 Å². The van der Waals surface area contributed by atoms with Crippen molar-refractivity contribution in [3.8, 4) is 5.75 Å². The molecule has 5 rings (SSSR count). The van der Waals surface area contributed by atoms with Crippen LogP contribution in [0.4, 0.5) is 11.8 Å². The number of rotatable bonds is 7. The Morgan fingerprint density at radius 3 is 2.26 bits per heavy atom. The molecule has 1 aliphatic rings. The molecule has 0 unspecified atom stereocenters. The normalized spacial score (nSPS) is 13.4. The van der Waals surface area contributed by atoms with Crippen LogP contribution in [0.25, 0.3) is 10.9 Å². The lowest BCUT2D eigenvalue weighted by Crippen LogP contribution is -2.49. The van der Waals surface area contributed by atoms with Gasteiger partial charge >= 0.3 is 0 Å². The molecule has 4 aromatic rings. The largest absolute Gasteiger partial charge is 0.489 e. The third kappa shape index (κ3) is 6.34. The number of nitrogens with zero attached hydrogens (tertiary/aromatic N) is 4. The van der Waals surface area contributed by atoms with Gasteiger partial charge in [-0.25, -0.2) is 4.98 Å². The van der Waals surface area contributed by atoms with Crippen LogP contribution in [0.1, 0.15) is 29.2 Å². The second kappa shape index (κ2) is 11.5. The molecular formula is C31H33N5O3. The van der Waals surface area contributed by atoms with Crippen molar-refractivity contribution in [2.75, 3.05) is 36.4 Å². The highest BCUT2D eigenvalue weighted by Crippen LogP contribution is 2.27. The number of anilines is 2. The molecule has 0 saturated carbocycles. The predicted octanol–water partition coefficient (Wildman–Crippen LogP) is 4.68. The number of nitrogens with one attached hydrogen (secondary N) is 1. The fourth-order valence-electron chi connectivity index (χ4n) is 4.67. The topological polar surface area (TPSA) is 87.7 Å². The van der Waals surface area contributed by atoms with Gasteiger partial charge in [-0.05, 0) is 60.4 Å². The van der Waals surface area contributed by atoms with E-state index in [-0.39, 0.29) is 11.8 Å². The van der Waals surface area contributed by atoms with Crippen molar-refractivity contribution in [3.05, 3.63) is 89.0 Å². The van der Waals surface area contributed by atoms with Crippen molar-refractivity contribution >= 4 is 34.5 Å². The first-order chi connectivity index (χ1) is 18.9. The average Bonchev–Trinajstić information content (AvgIpc) is 2.94. The summed E-state index contributed by atoms with van der Waals surface area (Å²) >= 11 is 0. The Balaban J connectivity index is 1.19. The van der Waals surface area contributed by atoms with Gasteiger partial charge in [-0.15, -0.1) is 0 Å². The van der Waals surface area contributed by atoms with E-state index in [1.165, 1.54) is 6.92 Å².